The zero-order valence-electron chi connectivity index (χ0n) is 12.8. The maximum absolute atomic E-state index is 6.32. The van der Waals surface area contributed by atoms with Crippen molar-refractivity contribution >= 4 is 11.6 Å². The van der Waals surface area contributed by atoms with Gasteiger partial charge in [0.1, 0.15) is 12.4 Å². The van der Waals surface area contributed by atoms with Crippen LogP contribution in [0.1, 0.15) is 36.6 Å². The van der Waals surface area contributed by atoms with Gasteiger partial charge in [-0.15, -0.1) is 0 Å². The molecule has 0 aliphatic heterocycles. The lowest BCUT2D eigenvalue weighted by atomic mass is 10.1. The smallest absolute Gasteiger partial charge is 0.138 e. The van der Waals surface area contributed by atoms with Crippen molar-refractivity contribution in [2.45, 2.75) is 33.4 Å². The second kappa shape index (κ2) is 7.48. The fourth-order valence-electron chi connectivity index (χ4n) is 2.29. The van der Waals surface area contributed by atoms with Crippen LogP contribution in [0, 0.1) is 6.92 Å². The largest absolute Gasteiger partial charge is 0.487 e. The van der Waals surface area contributed by atoms with Crippen LogP contribution in [0.4, 0.5) is 0 Å². The van der Waals surface area contributed by atoms with Crippen molar-refractivity contribution in [3.05, 3.63) is 64.2 Å². The van der Waals surface area contributed by atoms with Crippen molar-refractivity contribution in [1.82, 2.24) is 5.32 Å². The highest BCUT2D eigenvalue weighted by Gasteiger charge is 2.08. The molecule has 0 radical (unpaired) electrons. The Labute approximate surface area is 132 Å². The van der Waals surface area contributed by atoms with Gasteiger partial charge in [-0.1, -0.05) is 54.4 Å². The molecule has 0 aliphatic carbocycles. The monoisotopic (exact) mass is 303 g/mol. The third-order valence-corrected chi connectivity index (χ3v) is 3.74. The Morgan fingerprint density at radius 3 is 2.67 bits per heavy atom. The summed E-state index contributed by atoms with van der Waals surface area (Å²) in [6.07, 6.45) is 0. The first-order chi connectivity index (χ1) is 10.1. The molecule has 0 saturated heterocycles. The topological polar surface area (TPSA) is 21.3 Å². The first-order valence-corrected chi connectivity index (χ1v) is 7.69. The zero-order chi connectivity index (χ0) is 15.2. The Kier molecular flexibility index (Phi) is 5.66. The highest BCUT2D eigenvalue weighted by atomic mass is 35.5. The van der Waals surface area contributed by atoms with Gasteiger partial charge in [-0.3, -0.25) is 0 Å². The first-order valence-electron chi connectivity index (χ1n) is 7.31. The first kappa shape index (κ1) is 15.9. The van der Waals surface area contributed by atoms with Gasteiger partial charge in [-0.25, -0.2) is 0 Å². The summed E-state index contributed by atoms with van der Waals surface area (Å²) < 4.78 is 5.82. The summed E-state index contributed by atoms with van der Waals surface area (Å²) in [7, 11) is 0. The number of hydrogen-bond acceptors (Lipinski definition) is 2. The molecule has 0 amide bonds. The average Bonchev–Trinajstić information content (AvgIpc) is 2.46. The van der Waals surface area contributed by atoms with Crippen LogP contribution in [-0.2, 0) is 6.61 Å². The molecule has 0 heterocycles. The SMILES string of the molecule is CCNC(C)c1ccc(OCc2cccc(C)c2)c(Cl)c1. The van der Waals surface area contributed by atoms with Crippen molar-refractivity contribution in [2.24, 2.45) is 0 Å². The fraction of sp³-hybridized carbons (Fsp3) is 0.333. The summed E-state index contributed by atoms with van der Waals surface area (Å²) >= 11 is 6.32. The molecular weight excluding hydrogens is 282 g/mol. The van der Waals surface area contributed by atoms with E-state index in [0.717, 1.165) is 17.9 Å². The molecule has 0 aromatic heterocycles. The minimum Gasteiger partial charge on any atom is -0.487 e. The van der Waals surface area contributed by atoms with E-state index in [4.69, 9.17) is 16.3 Å². The van der Waals surface area contributed by atoms with Gasteiger partial charge in [0.15, 0.2) is 0 Å². The van der Waals surface area contributed by atoms with Crippen LogP contribution in [0.15, 0.2) is 42.5 Å². The Balaban J connectivity index is 2.04. The summed E-state index contributed by atoms with van der Waals surface area (Å²) in [6.45, 7) is 7.77. The maximum atomic E-state index is 6.32. The van der Waals surface area contributed by atoms with E-state index in [0.29, 0.717) is 17.7 Å². The Hall–Kier alpha value is -1.51. The number of ether oxygens (including phenoxy) is 1. The van der Waals surface area contributed by atoms with E-state index in [2.05, 4.69) is 50.4 Å². The predicted molar refractivity (Wildman–Crippen MR) is 89.1 cm³/mol. The molecule has 0 saturated carbocycles. The van der Waals surface area contributed by atoms with Crippen molar-refractivity contribution < 1.29 is 4.74 Å². The van der Waals surface area contributed by atoms with E-state index in [-0.39, 0.29) is 0 Å². The van der Waals surface area contributed by atoms with Gasteiger partial charge < -0.3 is 10.1 Å². The highest BCUT2D eigenvalue weighted by molar-refractivity contribution is 6.32. The highest BCUT2D eigenvalue weighted by Crippen LogP contribution is 2.28. The van der Waals surface area contributed by atoms with Crippen molar-refractivity contribution in [3.8, 4) is 5.75 Å². The standard InChI is InChI=1S/C18H22ClNO/c1-4-20-14(3)16-8-9-18(17(19)11-16)21-12-15-7-5-6-13(2)10-15/h5-11,14,20H,4,12H2,1-3H3. The third kappa shape index (κ3) is 4.48. The Bertz CT molecular complexity index is 598. The molecule has 2 nitrogen and oxygen atoms in total. The summed E-state index contributed by atoms with van der Waals surface area (Å²) in [5.74, 6) is 0.727. The molecule has 21 heavy (non-hydrogen) atoms. The quantitative estimate of drug-likeness (QED) is 0.819. The Morgan fingerprint density at radius 1 is 1.19 bits per heavy atom. The van der Waals surface area contributed by atoms with Crippen LogP contribution in [0.2, 0.25) is 5.02 Å². The zero-order valence-corrected chi connectivity index (χ0v) is 13.6. The van der Waals surface area contributed by atoms with E-state index in [1.807, 2.05) is 18.2 Å². The molecule has 2 rings (SSSR count). The lowest BCUT2D eigenvalue weighted by Gasteiger charge is -2.15. The molecule has 1 N–H and O–H groups in total. The van der Waals surface area contributed by atoms with E-state index in [1.54, 1.807) is 0 Å². The van der Waals surface area contributed by atoms with Crippen LogP contribution in [0.25, 0.3) is 0 Å². The lowest BCUT2D eigenvalue weighted by Crippen LogP contribution is -2.17. The van der Waals surface area contributed by atoms with Gasteiger partial charge in [0.25, 0.3) is 0 Å². The van der Waals surface area contributed by atoms with Gasteiger partial charge >= 0.3 is 0 Å². The molecule has 2 aromatic carbocycles. The summed E-state index contributed by atoms with van der Waals surface area (Å²) in [5, 5.41) is 4.03. The molecular formula is C18H22ClNO. The van der Waals surface area contributed by atoms with Crippen LogP contribution in [-0.4, -0.2) is 6.54 Å². The van der Waals surface area contributed by atoms with E-state index in [1.165, 1.54) is 11.1 Å². The van der Waals surface area contributed by atoms with Gasteiger partial charge in [0.2, 0.25) is 0 Å². The molecule has 112 valence electrons. The minimum atomic E-state index is 0.290. The van der Waals surface area contributed by atoms with Crippen LogP contribution >= 0.6 is 11.6 Å². The maximum Gasteiger partial charge on any atom is 0.138 e. The Morgan fingerprint density at radius 2 is 2.00 bits per heavy atom. The van der Waals surface area contributed by atoms with Crippen LogP contribution in [0.5, 0.6) is 5.75 Å². The van der Waals surface area contributed by atoms with Crippen molar-refractivity contribution in [2.75, 3.05) is 6.54 Å². The molecule has 2 aromatic rings. The summed E-state index contributed by atoms with van der Waals surface area (Å²) in [6, 6.07) is 14.6. The molecule has 1 atom stereocenters. The minimum absolute atomic E-state index is 0.290. The lowest BCUT2D eigenvalue weighted by molar-refractivity contribution is 0.306. The molecule has 0 aliphatic rings. The van der Waals surface area contributed by atoms with Crippen LogP contribution in [0.3, 0.4) is 0 Å². The number of rotatable bonds is 6. The fourth-order valence-corrected chi connectivity index (χ4v) is 2.53. The normalized spacial score (nSPS) is 12.2. The molecule has 0 bridgehead atoms. The van der Waals surface area contributed by atoms with E-state index < -0.39 is 0 Å². The van der Waals surface area contributed by atoms with Gasteiger partial charge in [0, 0.05) is 6.04 Å². The second-order valence-corrected chi connectivity index (χ2v) is 5.65. The predicted octanol–water partition coefficient (Wildman–Crippen LogP) is 4.90. The van der Waals surface area contributed by atoms with Crippen molar-refractivity contribution in [3.63, 3.8) is 0 Å². The molecule has 3 heteroatoms. The van der Waals surface area contributed by atoms with E-state index >= 15 is 0 Å². The number of benzene rings is 2. The van der Waals surface area contributed by atoms with E-state index in [9.17, 15) is 0 Å². The molecule has 1 unspecified atom stereocenters. The average molecular weight is 304 g/mol. The molecule has 0 spiro atoms. The van der Waals surface area contributed by atoms with Gasteiger partial charge in [0.05, 0.1) is 5.02 Å². The number of halogens is 1. The van der Waals surface area contributed by atoms with Crippen molar-refractivity contribution in [1.29, 1.82) is 0 Å². The second-order valence-electron chi connectivity index (χ2n) is 5.25. The molecule has 0 fully saturated rings. The number of aryl methyl sites for hydroxylation is 1. The number of nitrogens with one attached hydrogen (secondary N) is 1. The summed E-state index contributed by atoms with van der Waals surface area (Å²) in [4.78, 5) is 0. The third-order valence-electron chi connectivity index (χ3n) is 3.44. The van der Waals surface area contributed by atoms with Gasteiger partial charge in [-0.05, 0) is 43.7 Å². The van der Waals surface area contributed by atoms with Gasteiger partial charge in [-0.2, -0.15) is 0 Å². The summed E-state index contributed by atoms with van der Waals surface area (Å²) in [5.41, 5.74) is 3.55. The van der Waals surface area contributed by atoms with Crippen LogP contribution < -0.4 is 10.1 Å². The number of hydrogen-bond donors (Lipinski definition) is 1.